The fourth-order valence-electron chi connectivity index (χ4n) is 3.81. The molecule has 4 N–H and O–H groups in total. The largest absolute Gasteiger partial charge is 1.00 e. The van der Waals surface area contributed by atoms with Gasteiger partial charge >= 0.3 is 38.4 Å². The summed E-state index contributed by atoms with van der Waals surface area (Å²) in [4.78, 5) is 49.9. The number of carbonyl (C=O) groups is 5. The van der Waals surface area contributed by atoms with Gasteiger partial charge in [0.05, 0.1) is 32.0 Å². The van der Waals surface area contributed by atoms with Gasteiger partial charge in [0.25, 0.3) is 0 Å². The van der Waals surface area contributed by atoms with Crippen molar-refractivity contribution in [2.45, 2.75) is 62.3 Å². The quantitative estimate of drug-likeness (QED) is 0.0103. The van der Waals surface area contributed by atoms with E-state index >= 15 is 0 Å². The van der Waals surface area contributed by atoms with Gasteiger partial charge in [0.2, 0.25) is 0 Å². The number of carboxylic acids is 2. The molecule has 0 heterocycles. The number of nitrogens with one attached hydrogen (secondary N) is 1. The molecule has 75 heavy (non-hydrogen) atoms. The van der Waals surface area contributed by atoms with Gasteiger partial charge in [0.15, 0.2) is 6.29 Å². The van der Waals surface area contributed by atoms with Crippen molar-refractivity contribution in [3.8, 4) is 23.0 Å². The molecule has 4 aromatic carbocycles. The van der Waals surface area contributed by atoms with Crippen LogP contribution in [0.5, 0.6) is 23.0 Å². The van der Waals surface area contributed by atoms with Crippen LogP contribution in [0.25, 0.3) is 0 Å². The molecular formula is C56H82ClLiNO15P. The molecule has 0 unspecified atom stereocenters. The van der Waals surface area contributed by atoms with Gasteiger partial charge < -0.3 is 55.6 Å². The molecule has 0 radical (unpaired) electrons. The number of aliphatic hydroxyl groups excluding tert-OH is 1. The normalized spacial score (nSPS) is 9.39. The van der Waals surface area contributed by atoms with Crippen LogP contribution in [0.3, 0.4) is 0 Å². The number of carboxylic acid groups (broad SMARTS) is 2. The topological polar surface area (TPSA) is 231 Å². The fourth-order valence-corrected chi connectivity index (χ4v) is 5.18. The molecule has 0 saturated heterocycles. The smallest absolute Gasteiger partial charge is 0.486 e. The SMILES string of the molecule is C.C.CCNCC.CCOP(=O)(CC(=O)O)OCC.CO.Cl.O=C(O)/C=C/C=C/Oc1ccccc1.O=C/C=C/C=C/Oc1ccccc1.O=C/C=C/Oc1ccccc1.O=CCOc1ccccc1.[CH2-]CCC.[Li+]. The molecule has 0 fully saturated rings. The van der Waals surface area contributed by atoms with E-state index in [-0.39, 0.29) is 65.9 Å². The van der Waals surface area contributed by atoms with Crippen molar-refractivity contribution in [1.82, 2.24) is 5.32 Å². The summed E-state index contributed by atoms with van der Waals surface area (Å²) < 4.78 is 41.3. The van der Waals surface area contributed by atoms with E-state index in [9.17, 15) is 28.5 Å². The van der Waals surface area contributed by atoms with Crippen LogP contribution in [-0.4, -0.2) is 92.3 Å². The van der Waals surface area contributed by atoms with E-state index in [0.29, 0.717) is 18.3 Å². The van der Waals surface area contributed by atoms with E-state index in [4.69, 9.17) is 43.3 Å². The van der Waals surface area contributed by atoms with Crippen molar-refractivity contribution in [3.05, 3.63) is 190 Å². The maximum atomic E-state index is 11.4. The van der Waals surface area contributed by atoms with Crippen LogP contribution >= 0.6 is 20.0 Å². The Morgan fingerprint density at radius 1 is 0.573 bits per heavy atom. The van der Waals surface area contributed by atoms with Crippen molar-refractivity contribution in [3.63, 3.8) is 0 Å². The zero-order valence-electron chi connectivity index (χ0n) is 43.0. The molecule has 19 heteroatoms. The summed E-state index contributed by atoms with van der Waals surface area (Å²) >= 11 is 0. The van der Waals surface area contributed by atoms with Gasteiger partial charge in [-0.05, 0) is 93.7 Å². The van der Waals surface area contributed by atoms with Crippen LogP contribution in [0, 0.1) is 6.92 Å². The monoisotopic (exact) mass is 1080 g/mol. The zero-order valence-corrected chi connectivity index (χ0v) is 44.7. The number of rotatable bonds is 23. The molecule has 4 aromatic rings. The number of carbonyl (C=O) groups excluding carboxylic acids is 3. The molecule has 0 aliphatic carbocycles. The number of aldehydes is 3. The number of aliphatic carboxylic acids is 2. The van der Waals surface area contributed by atoms with Crippen LogP contribution in [0.15, 0.2) is 183 Å². The fraction of sp³-hybridized carbons (Fsp3) is 0.286. The Bertz CT molecular complexity index is 2010. The molecule has 0 aliphatic rings. The minimum atomic E-state index is -3.38. The van der Waals surface area contributed by atoms with Crippen molar-refractivity contribution >= 4 is 50.8 Å². The van der Waals surface area contributed by atoms with Gasteiger partial charge in [-0.15, -0.1) is 12.4 Å². The van der Waals surface area contributed by atoms with Crippen molar-refractivity contribution in [2.75, 3.05) is 46.2 Å². The number of hydrogen-bond donors (Lipinski definition) is 4. The van der Waals surface area contributed by atoms with Crippen LogP contribution in [0.2, 0.25) is 0 Å². The first-order valence-corrected chi connectivity index (χ1v) is 23.9. The number of unbranched alkanes of at least 4 members (excludes halogenated alkanes) is 1. The standard InChI is InChI=1S/C11H10O3.C11H10O2.C9H8O2.C8H8O2.C6H13O5P.C4H11N.C4H9.CH4O.2CH4.ClH.Li/c12-11(13)8-4-5-9-14-10-6-2-1-3-7-10;12-9-5-2-6-10-13-11-7-3-1-4-8-11;10-7-4-8-11-9-5-2-1-3-6-9;9-6-7-10-8-4-2-1-3-5-8;1-3-10-12(9,11-4-2)5-6(7)8;1-3-5-4-2;1-3-4-2;1-2;;;;/h1-9H,(H,12,13);1-10H;1-8H;1-6H,7H2;3-5H2,1-2H3,(H,7,8);5H,3-4H2,1-2H3;1,3-4H2,2H3;2H,1H3;2*1H4;1H;/q;;;;;;-1;;;;;+1/b8-4+,9-5+;5-2+,10-6+;8-4+;;;;;;;;;. The average Bonchev–Trinajstić information content (AvgIpc) is 3.38. The van der Waals surface area contributed by atoms with Crippen molar-refractivity contribution < 1.29 is 90.7 Å². The van der Waals surface area contributed by atoms with Gasteiger partial charge in [0, 0.05) is 19.3 Å². The molecule has 0 aromatic heterocycles. The van der Waals surface area contributed by atoms with E-state index in [1.807, 2.05) is 121 Å². The van der Waals surface area contributed by atoms with Crippen LogP contribution < -0.4 is 43.1 Å². The summed E-state index contributed by atoms with van der Waals surface area (Å²) in [7, 11) is -2.38. The van der Waals surface area contributed by atoms with Gasteiger partial charge in [-0.3, -0.25) is 23.7 Å². The number of halogens is 1. The van der Waals surface area contributed by atoms with E-state index < -0.39 is 25.7 Å². The van der Waals surface area contributed by atoms with E-state index in [2.05, 4.69) is 33.0 Å². The molecule has 0 amide bonds. The molecule has 0 saturated carbocycles. The Balaban J connectivity index is -0.000000118. The first-order chi connectivity index (χ1) is 34.4. The zero-order chi connectivity index (χ0) is 53.9. The number of allylic oxidation sites excluding steroid dienone is 6. The summed E-state index contributed by atoms with van der Waals surface area (Å²) in [5.41, 5.74) is 0. The number of aliphatic hydroxyl groups is 1. The second-order valence-corrected chi connectivity index (χ2v) is 14.3. The Morgan fingerprint density at radius 3 is 1.20 bits per heavy atom. The van der Waals surface area contributed by atoms with Gasteiger partial charge in [-0.1, -0.05) is 127 Å². The maximum Gasteiger partial charge on any atom is 1.00 e. The molecule has 16 nitrogen and oxygen atoms in total. The molecule has 414 valence electrons. The van der Waals surface area contributed by atoms with Gasteiger partial charge in [-0.25, -0.2) is 4.79 Å². The Labute approximate surface area is 465 Å². The van der Waals surface area contributed by atoms with Gasteiger partial charge in [0.1, 0.15) is 48.3 Å². The Morgan fingerprint density at radius 2 is 0.920 bits per heavy atom. The molecule has 0 atom stereocenters. The first-order valence-electron chi connectivity index (χ1n) is 22.2. The predicted octanol–water partition coefficient (Wildman–Crippen LogP) is 9.48. The summed E-state index contributed by atoms with van der Waals surface area (Å²) in [6.07, 6.45) is 18.0. The minimum absolute atomic E-state index is 0. The maximum absolute atomic E-state index is 11.4. The van der Waals surface area contributed by atoms with Crippen LogP contribution in [-0.2, 0) is 37.6 Å². The molecule has 0 spiro atoms. The summed E-state index contributed by atoms with van der Waals surface area (Å²) in [5, 5.41) is 26.7. The molecule has 0 bridgehead atoms. The van der Waals surface area contributed by atoms with Gasteiger partial charge in [-0.2, -0.15) is 6.42 Å². The van der Waals surface area contributed by atoms with Crippen molar-refractivity contribution in [2.24, 2.45) is 0 Å². The number of ether oxygens (including phenoxy) is 4. The van der Waals surface area contributed by atoms with Crippen LogP contribution in [0.1, 0.15) is 62.3 Å². The Kier molecular flexibility index (Phi) is 79.5. The summed E-state index contributed by atoms with van der Waals surface area (Å²) in [6, 6.07) is 37.1. The predicted molar refractivity (Wildman–Crippen MR) is 301 cm³/mol. The second-order valence-electron chi connectivity index (χ2n) is 12.2. The third kappa shape index (κ3) is 67.7. The van der Waals surface area contributed by atoms with Crippen molar-refractivity contribution in [1.29, 1.82) is 0 Å². The molecule has 0 aliphatic heterocycles. The van der Waals surface area contributed by atoms with Crippen LogP contribution in [0.4, 0.5) is 0 Å². The minimum Gasteiger partial charge on any atom is -0.486 e. The molecular weight excluding hydrogens is 1000 g/mol. The summed E-state index contributed by atoms with van der Waals surface area (Å²) in [6.45, 7) is 15.9. The summed E-state index contributed by atoms with van der Waals surface area (Å²) in [5.74, 6) is 0.792. The van der Waals surface area contributed by atoms with E-state index in [0.717, 1.165) is 56.2 Å². The first kappa shape index (κ1) is 85.4. The third-order valence-corrected chi connectivity index (χ3v) is 8.66. The number of para-hydroxylation sites is 4. The molecule has 4 rings (SSSR count). The number of benzene rings is 4. The second kappa shape index (κ2) is 69.8. The van der Waals surface area contributed by atoms with E-state index in [1.165, 1.54) is 49.5 Å². The van der Waals surface area contributed by atoms with E-state index in [1.54, 1.807) is 26.0 Å². The number of hydrogen-bond acceptors (Lipinski definition) is 14. The average molecular weight is 1080 g/mol. The Hall–Kier alpha value is -6.31. The third-order valence-electron chi connectivity index (χ3n) is 6.70.